The summed E-state index contributed by atoms with van der Waals surface area (Å²) >= 11 is 5.88. The predicted molar refractivity (Wildman–Crippen MR) is 72.0 cm³/mol. The number of benzene rings is 1. The number of oxazole rings is 1. The summed E-state index contributed by atoms with van der Waals surface area (Å²) in [5, 5.41) is 17.0. The van der Waals surface area contributed by atoms with Crippen molar-refractivity contribution < 1.29 is 4.42 Å². The summed E-state index contributed by atoms with van der Waals surface area (Å²) in [6, 6.07) is 7.09. The van der Waals surface area contributed by atoms with Crippen LogP contribution >= 0.6 is 11.6 Å². The van der Waals surface area contributed by atoms with Crippen LogP contribution in [0.25, 0.3) is 16.7 Å². The Kier molecular flexibility index (Phi) is 3.07. The summed E-state index contributed by atoms with van der Waals surface area (Å²) in [7, 11) is 0. The quantitative estimate of drug-likeness (QED) is 0.742. The minimum absolute atomic E-state index is 0.213. The second-order valence-electron chi connectivity index (χ2n) is 3.80. The Hall–Kier alpha value is -2.85. The van der Waals surface area contributed by atoms with Crippen molar-refractivity contribution in [1.82, 2.24) is 19.9 Å². The van der Waals surface area contributed by atoms with Crippen LogP contribution in [0.4, 0.5) is 0 Å². The van der Waals surface area contributed by atoms with E-state index in [9.17, 15) is 0 Å². The van der Waals surface area contributed by atoms with Crippen LogP contribution in [-0.4, -0.2) is 19.9 Å². The molecule has 0 amide bonds. The average Bonchev–Trinajstić information content (AvgIpc) is 3.08. The fraction of sp³-hybridized carbons (Fsp3) is 0. The number of nitrogens with one attached hydrogen (secondary N) is 1. The molecule has 2 aromatic heterocycles. The zero-order valence-corrected chi connectivity index (χ0v) is 10.7. The maximum Gasteiger partial charge on any atom is 0.239 e. The molecule has 98 valence electrons. The van der Waals surface area contributed by atoms with Crippen LogP contribution in [-0.2, 0) is 0 Å². The molecule has 0 aliphatic heterocycles. The van der Waals surface area contributed by atoms with E-state index in [1.807, 2.05) is 6.07 Å². The number of halogens is 1. The first-order valence-electron chi connectivity index (χ1n) is 5.54. The molecule has 0 spiro atoms. The number of nitriles is 1. The molecule has 1 aromatic carbocycles. The van der Waals surface area contributed by atoms with Crippen molar-refractivity contribution in [3.63, 3.8) is 0 Å². The largest absolute Gasteiger partial charge is 0.435 e. The SMILES string of the molecule is N#C/C(=C/Nn1cnnc1)c1nc2cc(Cl)ccc2o1. The molecule has 2 heterocycles. The minimum atomic E-state index is 0.213. The molecule has 0 saturated heterocycles. The van der Waals surface area contributed by atoms with Crippen LogP contribution in [0.3, 0.4) is 0 Å². The lowest BCUT2D eigenvalue weighted by atomic mass is 10.3. The van der Waals surface area contributed by atoms with Gasteiger partial charge in [-0.15, -0.1) is 10.2 Å². The smallest absolute Gasteiger partial charge is 0.239 e. The van der Waals surface area contributed by atoms with Gasteiger partial charge in [0.2, 0.25) is 5.89 Å². The maximum atomic E-state index is 9.16. The molecular weight excluding hydrogens is 280 g/mol. The molecule has 3 aromatic rings. The highest BCUT2D eigenvalue weighted by molar-refractivity contribution is 6.31. The highest BCUT2D eigenvalue weighted by Gasteiger charge is 2.10. The first-order chi connectivity index (χ1) is 9.76. The van der Waals surface area contributed by atoms with E-state index in [-0.39, 0.29) is 11.5 Å². The second kappa shape index (κ2) is 5.03. The normalized spacial score (nSPS) is 11.5. The van der Waals surface area contributed by atoms with Crippen molar-refractivity contribution >= 4 is 28.3 Å². The van der Waals surface area contributed by atoms with Crippen LogP contribution in [0.1, 0.15) is 5.89 Å². The fourth-order valence-electron chi connectivity index (χ4n) is 1.56. The number of fused-ring (bicyclic) bond motifs is 1. The van der Waals surface area contributed by atoms with Crippen molar-refractivity contribution in [3.05, 3.63) is 48.0 Å². The van der Waals surface area contributed by atoms with Crippen LogP contribution in [0.5, 0.6) is 0 Å². The summed E-state index contributed by atoms with van der Waals surface area (Å²) in [5.41, 5.74) is 4.21. The Morgan fingerprint density at radius 3 is 2.95 bits per heavy atom. The standard InChI is InChI=1S/C12H7ClN6O/c13-9-1-2-11-10(3-9)18-12(20-11)8(4-14)5-17-19-6-15-16-7-19/h1-3,5-7,17H/b8-5-. The highest BCUT2D eigenvalue weighted by Crippen LogP contribution is 2.23. The zero-order valence-electron chi connectivity index (χ0n) is 9.99. The van der Waals surface area contributed by atoms with E-state index in [2.05, 4.69) is 20.6 Å². The fourth-order valence-corrected chi connectivity index (χ4v) is 1.73. The Morgan fingerprint density at radius 1 is 1.40 bits per heavy atom. The molecule has 1 N–H and O–H groups in total. The summed E-state index contributed by atoms with van der Waals surface area (Å²) in [6.45, 7) is 0. The third kappa shape index (κ3) is 2.32. The molecule has 0 aliphatic rings. The maximum absolute atomic E-state index is 9.16. The lowest BCUT2D eigenvalue weighted by molar-refractivity contribution is 0.586. The van der Waals surface area contributed by atoms with Crippen molar-refractivity contribution in [1.29, 1.82) is 5.26 Å². The van der Waals surface area contributed by atoms with Gasteiger partial charge >= 0.3 is 0 Å². The molecular formula is C12H7ClN6O. The van der Waals surface area contributed by atoms with Crippen LogP contribution in [0.15, 0.2) is 41.5 Å². The Labute approximate surface area is 118 Å². The van der Waals surface area contributed by atoms with Crippen molar-refractivity contribution in [2.75, 3.05) is 5.43 Å². The van der Waals surface area contributed by atoms with Gasteiger partial charge in [-0.3, -0.25) is 5.43 Å². The van der Waals surface area contributed by atoms with E-state index in [1.54, 1.807) is 18.2 Å². The van der Waals surface area contributed by atoms with E-state index in [4.69, 9.17) is 21.3 Å². The third-order valence-corrected chi connectivity index (χ3v) is 2.71. The average molecular weight is 287 g/mol. The number of hydrogen-bond donors (Lipinski definition) is 1. The summed E-state index contributed by atoms with van der Waals surface area (Å²) in [5.74, 6) is 0.213. The number of allylic oxidation sites excluding steroid dienone is 1. The van der Waals surface area contributed by atoms with Gasteiger partial charge in [0.05, 0.1) is 0 Å². The topological polar surface area (TPSA) is 92.6 Å². The number of nitrogens with zero attached hydrogens (tertiary/aromatic N) is 5. The molecule has 3 rings (SSSR count). The Morgan fingerprint density at radius 2 is 2.20 bits per heavy atom. The van der Waals surface area contributed by atoms with Gasteiger partial charge in [-0.1, -0.05) is 11.6 Å². The first-order valence-corrected chi connectivity index (χ1v) is 5.92. The lowest BCUT2D eigenvalue weighted by Crippen LogP contribution is -2.05. The molecule has 20 heavy (non-hydrogen) atoms. The first kappa shape index (κ1) is 12.2. The summed E-state index contributed by atoms with van der Waals surface area (Å²) in [6.07, 6.45) is 4.37. The van der Waals surface area contributed by atoms with E-state index in [0.717, 1.165) is 0 Å². The predicted octanol–water partition coefficient (Wildman–Crippen LogP) is 2.18. The van der Waals surface area contributed by atoms with E-state index in [0.29, 0.717) is 16.1 Å². The van der Waals surface area contributed by atoms with E-state index in [1.165, 1.54) is 23.5 Å². The van der Waals surface area contributed by atoms with Gasteiger partial charge in [0.25, 0.3) is 0 Å². The van der Waals surface area contributed by atoms with Gasteiger partial charge in [-0.25, -0.2) is 9.66 Å². The lowest BCUT2D eigenvalue weighted by Gasteiger charge is -1.98. The Bertz CT molecular complexity index is 814. The molecule has 0 atom stereocenters. The number of hydrogen-bond acceptors (Lipinski definition) is 6. The Balaban J connectivity index is 1.95. The van der Waals surface area contributed by atoms with Gasteiger partial charge in [-0.2, -0.15) is 5.26 Å². The second-order valence-corrected chi connectivity index (χ2v) is 4.24. The van der Waals surface area contributed by atoms with Crippen molar-refractivity contribution in [3.8, 4) is 6.07 Å². The van der Waals surface area contributed by atoms with Gasteiger partial charge in [0.15, 0.2) is 5.58 Å². The van der Waals surface area contributed by atoms with Gasteiger partial charge in [-0.05, 0) is 18.2 Å². The molecule has 8 heteroatoms. The van der Waals surface area contributed by atoms with Crippen LogP contribution in [0.2, 0.25) is 5.02 Å². The van der Waals surface area contributed by atoms with Crippen LogP contribution in [0, 0.1) is 11.3 Å². The summed E-state index contributed by atoms with van der Waals surface area (Å²) < 4.78 is 6.99. The zero-order chi connectivity index (χ0) is 13.9. The highest BCUT2D eigenvalue weighted by atomic mass is 35.5. The van der Waals surface area contributed by atoms with Crippen LogP contribution < -0.4 is 5.43 Å². The monoisotopic (exact) mass is 286 g/mol. The van der Waals surface area contributed by atoms with Gasteiger partial charge in [0.1, 0.15) is 29.8 Å². The third-order valence-electron chi connectivity index (χ3n) is 2.48. The number of rotatable bonds is 3. The molecule has 0 unspecified atom stereocenters. The van der Waals surface area contributed by atoms with E-state index < -0.39 is 0 Å². The van der Waals surface area contributed by atoms with Crippen molar-refractivity contribution in [2.24, 2.45) is 0 Å². The van der Waals surface area contributed by atoms with Gasteiger partial charge < -0.3 is 4.42 Å². The summed E-state index contributed by atoms with van der Waals surface area (Å²) in [4.78, 5) is 4.22. The molecule has 0 saturated carbocycles. The van der Waals surface area contributed by atoms with E-state index >= 15 is 0 Å². The molecule has 0 bridgehead atoms. The minimum Gasteiger partial charge on any atom is -0.435 e. The van der Waals surface area contributed by atoms with Gasteiger partial charge in [0, 0.05) is 11.2 Å². The molecule has 7 nitrogen and oxygen atoms in total. The molecule has 0 radical (unpaired) electrons. The molecule has 0 aliphatic carbocycles. The van der Waals surface area contributed by atoms with Crippen molar-refractivity contribution in [2.45, 2.75) is 0 Å². The molecule has 0 fully saturated rings. The number of aromatic nitrogens is 4.